The van der Waals surface area contributed by atoms with Gasteiger partial charge >= 0.3 is 5.97 Å². The van der Waals surface area contributed by atoms with Gasteiger partial charge in [0.25, 0.3) is 0 Å². The van der Waals surface area contributed by atoms with Crippen molar-refractivity contribution in [1.29, 1.82) is 0 Å². The minimum absolute atomic E-state index is 0.103. The number of methoxy groups -OCH3 is 1. The maximum Gasteiger partial charge on any atom is 0.330 e. The first-order chi connectivity index (χ1) is 7.76. The van der Waals surface area contributed by atoms with Gasteiger partial charge in [-0.25, -0.2) is 4.79 Å². The molecule has 0 spiro atoms. The van der Waals surface area contributed by atoms with Crippen LogP contribution in [0, 0.1) is 0 Å². The van der Waals surface area contributed by atoms with Crippen molar-refractivity contribution in [3.63, 3.8) is 0 Å². The molecule has 0 bridgehead atoms. The predicted octanol–water partition coefficient (Wildman–Crippen LogP) is 1.45. The van der Waals surface area contributed by atoms with Crippen LogP contribution in [-0.4, -0.2) is 32.3 Å². The van der Waals surface area contributed by atoms with Crippen LogP contribution in [0.5, 0.6) is 5.75 Å². The summed E-state index contributed by atoms with van der Waals surface area (Å²) in [5, 5.41) is 0. The summed E-state index contributed by atoms with van der Waals surface area (Å²) in [4.78, 5) is 13.4. The largest absolute Gasteiger partial charge is 0.497 e. The highest BCUT2D eigenvalue weighted by Gasteiger charge is 2.41. The van der Waals surface area contributed by atoms with Gasteiger partial charge in [-0.15, -0.1) is 0 Å². The molecular weight excluding hydrogens is 206 g/mol. The fraction of sp³-hybridized carbons (Fsp3) is 0.417. The molecule has 0 saturated carbocycles. The van der Waals surface area contributed by atoms with Crippen LogP contribution >= 0.6 is 0 Å². The van der Waals surface area contributed by atoms with Crippen molar-refractivity contribution >= 4 is 11.7 Å². The molecule has 0 amide bonds. The van der Waals surface area contributed by atoms with Gasteiger partial charge in [-0.2, -0.15) is 0 Å². The predicted molar refractivity (Wildman–Crippen MR) is 60.8 cm³/mol. The number of esters is 1. The number of ether oxygens (including phenoxy) is 2. The van der Waals surface area contributed by atoms with Gasteiger partial charge in [-0.05, 0) is 31.2 Å². The molecule has 4 nitrogen and oxygen atoms in total. The lowest BCUT2D eigenvalue weighted by Crippen LogP contribution is -2.15. The Bertz CT molecular complexity index is 374. The van der Waals surface area contributed by atoms with E-state index in [1.165, 1.54) is 0 Å². The number of nitrogens with zero attached hydrogens (tertiary/aromatic N) is 1. The molecule has 1 unspecified atom stereocenters. The number of hydrogen-bond acceptors (Lipinski definition) is 4. The Morgan fingerprint density at radius 3 is 2.69 bits per heavy atom. The van der Waals surface area contributed by atoms with Crippen molar-refractivity contribution in [1.82, 2.24) is 0 Å². The molecule has 86 valence electrons. The number of carbonyl (C=O) groups excluding carboxylic acids is 1. The molecule has 0 radical (unpaired) electrons. The van der Waals surface area contributed by atoms with Crippen molar-refractivity contribution in [2.75, 3.05) is 25.2 Å². The normalized spacial score (nSPS) is 18.1. The summed E-state index contributed by atoms with van der Waals surface area (Å²) in [6, 6.07) is 7.55. The Kier molecular flexibility index (Phi) is 2.99. The molecule has 0 aromatic heterocycles. The SMILES string of the molecule is CCOC(=O)C1CN1c1ccc(OC)cc1. The Morgan fingerprint density at radius 1 is 1.44 bits per heavy atom. The highest BCUT2D eigenvalue weighted by molar-refractivity contribution is 5.86. The standard InChI is InChI=1S/C12H15NO3/c1-3-16-12(14)11-8-13(11)9-4-6-10(15-2)7-5-9/h4-7,11H,3,8H2,1-2H3. The second-order valence-corrected chi connectivity index (χ2v) is 3.62. The van der Waals surface area contributed by atoms with Crippen LogP contribution in [0.25, 0.3) is 0 Å². The third-order valence-corrected chi connectivity index (χ3v) is 2.58. The van der Waals surface area contributed by atoms with Gasteiger partial charge in [0.2, 0.25) is 0 Å². The summed E-state index contributed by atoms with van der Waals surface area (Å²) < 4.78 is 10.0. The molecule has 1 saturated heterocycles. The Balaban J connectivity index is 1.97. The van der Waals surface area contributed by atoms with Crippen molar-refractivity contribution in [2.45, 2.75) is 13.0 Å². The maximum absolute atomic E-state index is 11.4. The van der Waals surface area contributed by atoms with Crippen LogP contribution in [0.4, 0.5) is 5.69 Å². The fourth-order valence-corrected chi connectivity index (χ4v) is 1.64. The lowest BCUT2D eigenvalue weighted by molar-refractivity contribution is -0.142. The summed E-state index contributed by atoms with van der Waals surface area (Å²) in [6.45, 7) is 2.99. The smallest absolute Gasteiger partial charge is 0.330 e. The second kappa shape index (κ2) is 4.43. The van der Waals surface area contributed by atoms with Crippen LogP contribution < -0.4 is 9.64 Å². The summed E-state index contributed by atoms with van der Waals surface area (Å²) in [6.07, 6.45) is 0. The molecule has 4 heteroatoms. The summed E-state index contributed by atoms with van der Waals surface area (Å²) in [7, 11) is 1.63. The quantitative estimate of drug-likeness (QED) is 0.569. The summed E-state index contributed by atoms with van der Waals surface area (Å²) in [5.41, 5.74) is 1.03. The second-order valence-electron chi connectivity index (χ2n) is 3.62. The summed E-state index contributed by atoms with van der Waals surface area (Å²) >= 11 is 0. The van der Waals surface area contributed by atoms with Crippen LogP contribution in [-0.2, 0) is 9.53 Å². The number of rotatable bonds is 4. The molecule has 1 atom stereocenters. The molecule has 1 fully saturated rings. The number of hydrogen-bond donors (Lipinski definition) is 0. The number of anilines is 1. The van der Waals surface area contributed by atoms with Crippen LogP contribution in [0.3, 0.4) is 0 Å². The van der Waals surface area contributed by atoms with E-state index in [0.29, 0.717) is 6.61 Å². The van der Waals surface area contributed by atoms with Crippen molar-refractivity contribution in [3.05, 3.63) is 24.3 Å². The first kappa shape index (κ1) is 10.8. The third kappa shape index (κ3) is 2.10. The van der Waals surface area contributed by atoms with E-state index in [2.05, 4.69) is 0 Å². The van der Waals surface area contributed by atoms with Gasteiger partial charge in [-0.1, -0.05) is 0 Å². The van der Waals surface area contributed by atoms with Crippen molar-refractivity contribution < 1.29 is 14.3 Å². The van der Waals surface area contributed by atoms with E-state index in [0.717, 1.165) is 18.0 Å². The molecule has 2 rings (SSSR count). The molecular formula is C12H15NO3. The Labute approximate surface area is 94.8 Å². The number of carbonyl (C=O) groups is 1. The van der Waals surface area contributed by atoms with E-state index in [9.17, 15) is 4.79 Å². The average molecular weight is 221 g/mol. The van der Waals surface area contributed by atoms with Crippen molar-refractivity contribution in [3.8, 4) is 5.75 Å². The van der Waals surface area contributed by atoms with Gasteiger partial charge in [-0.3, -0.25) is 0 Å². The minimum atomic E-state index is -0.140. The highest BCUT2D eigenvalue weighted by atomic mass is 16.5. The van der Waals surface area contributed by atoms with Crippen LogP contribution in [0.15, 0.2) is 24.3 Å². The molecule has 1 aromatic carbocycles. The first-order valence-corrected chi connectivity index (χ1v) is 5.33. The topological polar surface area (TPSA) is 38.5 Å². The zero-order chi connectivity index (χ0) is 11.5. The van der Waals surface area contributed by atoms with E-state index in [-0.39, 0.29) is 12.0 Å². The van der Waals surface area contributed by atoms with Crippen LogP contribution in [0.2, 0.25) is 0 Å². The van der Waals surface area contributed by atoms with Gasteiger partial charge in [0.05, 0.1) is 20.3 Å². The molecule has 1 aliphatic heterocycles. The van der Waals surface area contributed by atoms with Gasteiger partial charge in [0, 0.05) is 5.69 Å². The molecule has 16 heavy (non-hydrogen) atoms. The zero-order valence-electron chi connectivity index (χ0n) is 9.47. The molecule has 0 aliphatic carbocycles. The van der Waals surface area contributed by atoms with Gasteiger partial charge in [0.15, 0.2) is 0 Å². The average Bonchev–Trinajstić information content (AvgIpc) is 3.09. The zero-order valence-corrected chi connectivity index (χ0v) is 9.47. The summed E-state index contributed by atoms with van der Waals surface area (Å²) in [5.74, 6) is 0.677. The fourth-order valence-electron chi connectivity index (χ4n) is 1.64. The Morgan fingerprint density at radius 2 is 2.12 bits per heavy atom. The molecule has 0 N–H and O–H groups in total. The minimum Gasteiger partial charge on any atom is -0.497 e. The third-order valence-electron chi connectivity index (χ3n) is 2.58. The molecule has 1 aromatic rings. The lowest BCUT2D eigenvalue weighted by atomic mass is 10.3. The lowest BCUT2D eigenvalue weighted by Gasteiger charge is -2.06. The first-order valence-electron chi connectivity index (χ1n) is 5.33. The van der Waals surface area contributed by atoms with Gasteiger partial charge in [0.1, 0.15) is 11.8 Å². The van der Waals surface area contributed by atoms with E-state index < -0.39 is 0 Å². The van der Waals surface area contributed by atoms with Crippen molar-refractivity contribution in [2.24, 2.45) is 0 Å². The van der Waals surface area contributed by atoms with Crippen LogP contribution in [0.1, 0.15) is 6.92 Å². The molecule has 1 heterocycles. The van der Waals surface area contributed by atoms with Gasteiger partial charge < -0.3 is 14.4 Å². The number of benzene rings is 1. The van der Waals surface area contributed by atoms with E-state index >= 15 is 0 Å². The van der Waals surface area contributed by atoms with E-state index in [4.69, 9.17) is 9.47 Å². The maximum atomic E-state index is 11.4. The van der Waals surface area contributed by atoms with E-state index in [1.54, 1.807) is 7.11 Å². The highest BCUT2D eigenvalue weighted by Crippen LogP contribution is 2.29. The Hall–Kier alpha value is -1.71. The monoisotopic (exact) mass is 221 g/mol. The van der Waals surface area contributed by atoms with E-state index in [1.807, 2.05) is 36.1 Å². The molecule has 1 aliphatic rings.